The van der Waals surface area contributed by atoms with Crippen LogP contribution in [0.1, 0.15) is 62.5 Å². The van der Waals surface area contributed by atoms with Crippen LogP contribution in [-0.4, -0.2) is 48.8 Å². The third-order valence-electron chi connectivity index (χ3n) is 4.44. The minimum Gasteiger partial charge on any atom is -0.342 e. The SMILES string of the molecule is CC(C)c1noc(CCC(=O)N2CCC[C@@H](c3nncn3C)C2)n1. The van der Waals surface area contributed by atoms with Crippen molar-refractivity contribution >= 4 is 5.91 Å². The van der Waals surface area contributed by atoms with E-state index in [1.54, 1.807) is 6.33 Å². The van der Waals surface area contributed by atoms with Crippen LogP contribution < -0.4 is 0 Å². The van der Waals surface area contributed by atoms with Crippen LogP contribution in [0.3, 0.4) is 0 Å². The minimum atomic E-state index is 0.131. The van der Waals surface area contributed by atoms with Crippen LogP contribution in [-0.2, 0) is 18.3 Å². The van der Waals surface area contributed by atoms with Gasteiger partial charge < -0.3 is 14.0 Å². The Morgan fingerprint density at radius 3 is 2.96 bits per heavy atom. The van der Waals surface area contributed by atoms with Crippen LogP contribution in [0.4, 0.5) is 0 Å². The number of likely N-dealkylation sites (tertiary alicyclic amines) is 1. The van der Waals surface area contributed by atoms with Gasteiger partial charge in [-0.15, -0.1) is 10.2 Å². The van der Waals surface area contributed by atoms with Gasteiger partial charge >= 0.3 is 0 Å². The largest absolute Gasteiger partial charge is 0.342 e. The van der Waals surface area contributed by atoms with Gasteiger partial charge in [0.15, 0.2) is 5.82 Å². The van der Waals surface area contributed by atoms with Crippen molar-refractivity contribution < 1.29 is 9.32 Å². The molecule has 0 spiro atoms. The Morgan fingerprint density at radius 2 is 2.29 bits per heavy atom. The van der Waals surface area contributed by atoms with Crippen LogP contribution in [0.5, 0.6) is 0 Å². The standard InChI is InChI=1S/C16H24N6O2/c1-11(2)15-18-13(24-20-15)6-7-14(23)22-8-4-5-12(9-22)16-19-17-10-21(16)3/h10-12H,4-9H2,1-3H3/t12-/m1/s1. The van der Waals surface area contributed by atoms with Crippen LogP contribution in [0.2, 0.25) is 0 Å². The van der Waals surface area contributed by atoms with Gasteiger partial charge in [-0.2, -0.15) is 4.98 Å². The van der Waals surface area contributed by atoms with Gasteiger partial charge in [0.05, 0.1) is 0 Å². The summed E-state index contributed by atoms with van der Waals surface area (Å²) in [5.74, 6) is 2.79. The Balaban J connectivity index is 1.55. The monoisotopic (exact) mass is 332 g/mol. The zero-order valence-electron chi connectivity index (χ0n) is 14.5. The molecule has 1 aliphatic rings. The molecule has 8 nitrogen and oxygen atoms in total. The molecular formula is C16H24N6O2. The van der Waals surface area contributed by atoms with Crippen LogP contribution >= 0.6 is 0 Å². The molecule has 8 heteroatoms. The maximum Gasteiger partial charge on any atom is 0.227 e. The smallest absolute Gasteiger partial charge is 0.227 e. The average Bonchev–Trinajstić information content (AvgIpc) is 3.21. The molecule has 3 rings (SSSR count). The van der Waals surface area contributed by atoms with Crippen molar-refractivity contribution in [3.05, 3.63) is 23.9 Å². The number of carbonyl (C=O) groups excluding carboxylic acids is 1. The normalized spacial score (nSPS) is 18.3. The summed E-state index contributed by atoms with van der Waals surface area (Å²) < 4.78 is 7.14. The number of aromatic nitrogens is 5. The van der Waals surface area contributed by atoms with E-state index in [1.165, 1.54) is 0 Å². The fourth-order valence-corrected chi connectivity index (χ4v) is 3.05. The van der Waals surface area contributed by atoms with Crippen molar-refractivity contribution in [2.75, 3.05) is 13.1 Å². The quantitative estimate of drug-likeness (QED) is 0.827. The topological polar surface area (TPSA) is 89.9 Å². The first-order valence-corrected chi connectivity index (χ1v) is 8.48. The molecule has 24 heavy (non-hydrogen) atoms. The zero-order chi connectivity index (χ0) is 17.1. The summed E-state index contributed by atoms with van der Waals surface area (Å²) in [7, 11) is 1.94. The molecule has 1 atom stereocenters. The van der Waals surface area contributed by atoms with Crippen LogP contribution in [0, 0.1) is 0 Å². The number of nitrogens with zero attached hydrogens (tertiary/aromatic N) is 6. The number of rotatable bonds is 5. The Labute approximate surface area is 141 Å². The highest BCUT2D eigenvalue weighted by molar-refractivity contribution is 5.76. The fourth-order valence-electron chi connectivity index (χ4n) is 3.05. The first-order valence-electron chi connectivity index (χ1n) is 8.48. The molecule has 1 fully saturated rings. The van der Waals surface area contributed by atoms with Crippen LogP contribution in [0.25, 0.3) is 0 Å². The average molecular weight is 332 g/mol. The van der Waals surface area contributed by atoms with E-state index in [1.807, 2.05) is 30.4 Å². The van der Waals surface area contributed by atoms with Gasteiger partial charge in [0.25, 0.3) is 0 Å². The number of amides is 1. The van der Waals surface area contributed by atoms with Gasteiger partial charge in [0, 0.05) is 44.8 Å². The fraction of sp³-hybridized carbons (Fsp3) is 0.688. The lowest BCUT2D eigenvalue weighted by atomic mass is 9.97. The van der Waals surface area contributed by atoms with Crippen LogP contribution in [0.15, 0.2) is 10.9 Å². The molecule has 1 amide bonds. The highest BCUT2D eigenvalue weighted by Crippen LogP contribution is 2.25. The maximum atomic E-state index is 12.5. The van der Waals surface area contributed by atoms with E-state index in [4.69, 9.17) is 4.52 Å². The highest BCUT2D eigenvalue weighted by atomic mass is 16.5. The maximum absolute atomic E-state index is 12.5. The summed E-state index contributed by atoms with van der Waals surface area (Å²) in [4.78, 5) is 18.7. The second-order valence-electron chi connectivity index (χ2n) is 6.68. The lowest BCUT2D eigenvalue weighted by Crippen LogP contribution is -2.39. The Kier molecular flexibility index (Phi) is 4.92. The molecule has 2 aromatic rings. The summed E-state index contributed by atoms with van der Waals surface area (Å²) in [6.07, 6.45) is 4.62. The second kappa shape index (κ2) is 7.11. The molecule has 1 saturated heterocycles. The van der Waals surface area contributed by atoms with E-state index in [-0.39, 0.29) is 17.7 Å². The number of hydrogen-bond acceptors (Lipinski definition) is 6. The molecule has 2 aromatic heterocycles. The molecule has 0 aromatic carbocycles. The van der Waals surface area contributed by atoms with Gasteiger partial charge in [-0.1, -0.05) is 19.0 Å². The number of piperidine rings is 1. The first-order chi connectivity index (χ1) is 11.5. The molecule has 0 unspecified atom stereocenters. The lowest BCUT2D eigenvalue weighted by molar-refractivity contribution is -0.132. The molecule has 130 valence electrons. The van der Waals surface area contributed by atoms with Crippen molar-refractivity contribution in [3.63, 3.8) is 0 Å². The first kappa shape index (κ1) is 16.6. The Hall–Kier alpha value is -2.25. The van der Waals surface area contributed by atoms with Crippen molar-refractivity contribution in [1.29, 1.82) is 0 Å². The zero-order valence-corrected chi connectivity index (χ0v) is 14.5. The van der Waals surface area contributed by atoms with E-state index in [2.05, 4.69) is 20.3 Å². The van der Waals surface area contributed by atoms with Crippen molar-refractivity contribution in [3.8, 4) is 0 Å². The lowest BCUT2D eigenvalue weighted by Gasteiger charge is -2.32. The minimum absolute atomic E-state index is 0.131. The molecule has 0 bridgehead atoms. The molecule has 0 N–H and O–H groups in total. The molecule has 0 aliphatic carbocycles. The van der Waals surface area contributed by atoms with E-state index in [0.717, 1.165) is 25.2 Å². The molecule has 0 saturated carbocycles. The van der Waals surface area contributed by atoms with E-state index < -0.39 is 0 Å². The predicted octanol–water partition coefficient (Wildman–Crippen LogP) is 1.66. The van der Waals surface area contributed by atoms with Gasteiger partial charge in [0.1, 0.15) is 12.2 Å². The highest BCUT2D eigenvalue weighted by Gasteiger charge is 2.27. The third kappa shape index (κ3) is 3.63. The number of hydrogen-bond donors (Lipinski definition) is 0. The van der Waals surface area contributed by atoms with Gasteiger partial charge in [-0.05, 0) is 12.8 Å². The predicted molar refractivity (Wildman–Crippen MR) is 86.3 cm³/mol. The van der Waals surface area contributed by atoms with Crippen molar-refractivity contribution in [2.24, 2.45) is 7.05 Å². The second-order valence-corrected chi connectivity index (χ2v) is 6.68. The van der Waals surface area contributed by atoms with Gasteiger partial charge in [-0.3, -0.25) is 4.79 Å². The molecular weight excluding hydrogens is 308 g/mol. The Bertz CT molecular complexity index is 692. The third-order valence-corrected chi connectivity index (χ3v) is 4.44. The van der Waals surface area contributed by atoms with Crippen molar-refractivity contribution in [2.45, 2.75) is 51.4 Å². The molecule has 0 radical (unpaired) electrons. The summed E-state index contributed by atoms with van der Waals surface area (Å²) in [5, 5.41) is 12.1. The van der Waals surface area contributed by atoms with Gasteiger partial charge in [-0.25, -0.2) is 0 Å². The van der Waals surface area contributed by atoms with Crippen molar-refractivity contribution in [1.82, 2.24) is 29.8 Å². The molecule has 1 aliphatic heterocycles. The van der Waals surface area contributed by atoms with Gasteiger partial charge in [0.2, 0.25) is 11.8 Å². The summed E-state index contributed by atoms with van der Waals surface area (Å²) >= 11 is 0. The summed E-state index contributed by atoms with van der Waals surface area (Å²) in [5.41, 5.74) is 0. The number of carbonyl (C=O) groups is 1. The molecule has 3 heterocycles. The Morgan fingerprint density at radius 1 is 1.46 bits per heavy atom. The summed E-state index contributed by atoms with van der Waals surface area (Å²) in [6.45, 7) is 5.53. The van der Waals surface area contributed by atoms with E-state index in [0.29, 0.717) is 31.1 Å². The van der Waals surface area contributed by atoms with E-state index in [9.17, 15) is 4.79 Å². The summed E-state index contributed by atoms with van der Waals surface area (Å²) in [6, 6.07) is 0. The number of aryl methyl sites for hydroxylation is 2. The van der Waals surface area contributed by atoms with E-state index >= 15 is 0 Å².